The van der Waals surface area contributed by atoms with E-state index in [-0.39, 0.29) is 0 Å². The van der Waals surface area contributed by atoms with Gasteiger partial charge in [-0.2, -0.15) is 0 Å². The molecule has 0 spiro atoms. The van der Waals surface area contributed by atoms with Crippen LogP contribution in [0.25, 0.3) is 20.2 Å². The Hall–Kier alpha value is -3.48. The molecule has 0 saturated carbocycles. The van der Waals surface area contributed by atoms with Gasteiger partial charge in [-0.1, -0.05) is 115 Å². The molecule has 1 saturated heterocycles. The lowest BCUT2D eigenvalue weighted by molar-refractivity contribution is 0.00578. The van der Waals surface area contributed by atoms with Crippen LogP contribution < -0.4 is 26.2 Å². The molecule has 41 heavy (non-hydrogen) atoms. The van der Waals surface area contributed by atoms with Crippen molar-refractivity contribution in [2.45, 2.75) is 38.9 Å². The molecule has 0 N–H and O–H groups in total. The highest BCUT2D eigenvalue weighted by Gasteiger charge is 2.52. The molecular formula is C36H33BO2SSi. The molecule has 0 atom stereocenters. The average Bonchev–Trinajstić information content (AvgIpc) is 3.47. The minimum atomic E-state index is -2.72. The van der Waals surface area contributed by atoms with Crippen LogP contribution in [-0.2, 0) is 9.31 Å². The van der Waals surface area contributed by atoms with Gasteiger partial charge in [-0.15, -0.1) is 11.3 Å². The van der Waals surface area contributed by atoms with E-state index in [1.54, 1.807) is 0 Å². The van der Waals surface area contributed by atoms with Crippen molar-refractivity contribution in [1.82, 2.24) is 0 Å². The van der Waals surface area contributed by atoms with E-state index in [1.165, 1.54) is 40.9 Å². The number of hydrogen-bond donors (Lipinski definition) is 0. The fraction of sp³-hybridized carbons (Fsp3) is 0.167. The fourth-order valence-corrected chi connectivity index (χ4v) is 12.3. The number of rotatable bonds is 5. The van der Waals surface area contributed by atoms with E-state index in [9.17, 15) is 0 Å². The molecule has 2 heterocycles. The molecule has 0 bridgehead atoms. The summed E-state index contributed by atoms with van der Waals surface area (Å²) in [7, 11) is -3.14. The number of thiophene rings is 1. The third kappa shape index (κ3) is 4.22. The lowest BCUT2D eigenvalue weighted by Gasteiger charge is -2.35. The normalized spacial score (nSPS) is 16.4. The van der Waals surface area contributed by atoms with E-state index in [4.69, 9.17) is 9.31 Å². The first-order valence-corrected chi connectivity index (χ1v) is 17.1. The molecule has 1 fully saturated rings. The first kappa shape index (κ1) is 26.4. The monoisotopic (exact) mass is 568 g/mol. The smallest absolute Gasteiger partial charge is 0.399 e. The third-order valence-electron chi connectivity index (χ3n) is 9.07. The van der Waals surface area contributed by atoms with Crippen LogP contribution in [0.2, 0.25) is 0 Å². The molecule has 1 aromatic heterocycles. The molecule has 1 aliphatic rings. The van der Waals surface area contributed by atoms with Crippen molar-refractivity contribution >= 4 is 72.9 Å². The maximum atomic E-state index is 6.52. The van der Waals surface area contributed by atoms with Crippen molar-refractivity contribution in [3.63, 3.8) is 0 Å². The summed E-state index contributed by atoms with van der Waals surface area (Å²) in [6.45, 7) is 8.46. The van der Waals surface area contributed by atoms with E-state index >= 15 is 0 Å². The molecule has 7 rings (SSSR count). The summed E-state index contributed by atoms with van der Waals surface area (Å²) in [5.74, 6) is 0. The van der Waals surface area contributed by atoms with Gasteiger partial charge in [0.2, 0.25) is 0 Å². The number of fused-ring (bicyclic) bond motifs is 3. The molecule has 0 unspecified atom stereocenters. The summed E-state index contributed by atoms with van der Waals surface area (Å²) in [6, 6.07) is 47.1. The zero-order valence-corrected chi connectivity index (χ0v) is 25.7. The second kappa shape index (κ2) is 9.81. The number of benzene rings is 5. The van der Waals surface area contributed by atoms with Gasteiger partial charge >= 0.3 is 7.12 Å². The lowest BCUT2D eigenvalue weighted by atomic mass is 9.79. The summed E-state index contributed by atoms with van der Waals surface area (Å²) in [5.41, 5.74) is 0.272. The molecule has 202 valence electrons. The van der Waals surface area contributed by atoms with E-state index in [2.05, 4.69) is 155 Å². The summed E-state index contributed by atoms with van der Waals surface area (Å²) in [5, 5.41) is 8.07. The van der Waals surface area contributed by atoms with Crippen LogP contribution in [0.4, 0.5) is 0 Å². The molecule has 5 aromatic carbocycles. The molecule has 0 aliphatic carbocycles. The Morgan fingerprint density at radius 1 is 0.512 bits per heavy atom. The first-order valence-electron chi connectivity index (χ1n) is 14.3. The van der Waals surface area contributed by atoms with Crippen LogP contribution in [0.5, 0.6) is 0 Å². The molecule has 1 aliphatic heterocycles. The van der Waals surface area contributed by atoms with Crippen molar-refractivity contribution in [3.8, 4) is 0 Å². The van der Waals surface area contributed by atoms with Crippen LogP contribution >= 0.6 is 11.3 Å². The standard InChI is InChI=1S/C36H33BO2SSi/c1-35(2)36(3,4)39-37(38-35)26-14-13-19-29(24-26)41(27-15-7-5-8-16-27,28-17-9-6-10-18-28)30-22-23-32-31-20-11-12-21-33(31)40-34(32)25-30/h5-25H,1-4H3. The van der Waals surface area contributed by atoms with Crippen LogP contribution in [0.1, 0.15) is 27.7 Å². The highest BCUT2D eigenvalue weighted by molar-refractivity contribution is 7.26. The minimum Gasteiger partial charge on any atom is -0.399 e. The van der Waals surface area contributed by atoms with Crippen LogP contribution in [0.3, 0.4) is 0 Å². The van der Waals surface area contributed by atoms with E-state index in [0.29, 0.717) is 0 Å². The van der Waals surface area contributed by atoms with Crippen molar-refractivity contribution in [1.29, 1.82) is 0 Å². The van der Waals surface area contributed by atoms with Gasteiger partial charge < -0.3 is 9.31 Å². The zero-order valence-electron chi connectivity index (χ0n) is 23.9. The summed E-state index contributed by atoms with van der Waals surface area (Å²) < 4.78 is 15.7. The van der Waals surface area contributed by atoms with Crippen LogP contribution in [0, 0.1) is 0 Å². The molecule has 0 radical (unpaired) electrons. The Kier molecular flexibility index (Phi) is 6.33. The van der Waals surface area contributed by atoms with Crippen molar-refractivity contribution in [2.24, 2.45) is 0 Å². The predicted octanol–water partition coefficient (Wildman–Crippen LogP) is 5.73. The predicted molar refractivity (Wildman–Crippen MR) is 179 cm³/mol. The molecule has 5 heteroatoms. The zero-order chi connectivity index (χ0) is 28.2. The van der Waals surface area contributed by atoms with E-state index in [1.807, 2.05) is 11.3 Å². The van der Waals surface area contributed by atoms with Gasteiger partial charge in [0.15, 0.2) is 8.07 Å². The quantitative estimate of drug-likeness (QED) is 0.195. The Labute approximate surface area is 247 Å². The Bertz CT molecular complexity index is 1810. The maximum absolute atomic E-state index is 6.52. The van der Waals surface area contributed by atoms with Crippen molar-refractivity contribution in [2.75, 3.05) is 0 Å². The lowest BCUT2D eigenvalue weighted by Crippen LogP contribution is -2.75. The molecule has 6 aromatic rings. The van der Waals surface area contributed by atoms with E-state index in [0.717, 1.165) is 5.46 Å². The average molecular weight is 569 g/mol. The van der Waals surface area contributed by atoms with E-state index < -0.39 is 26.4 Å². The number of hydrogen-bond acceptors (Lipinski definition) is 3. The Morgan fingerprint density at radius 3 is 1.71 bits per heavy atom. The second-order valence-electron chi connectivity index (χ2n) is 12.0. The Balaban J connectivity index is 1.50. The van der Waals surface area contributed by atoms with Gasteiger partial charge in [0.1, 0.15) is 0 Å². The molecular weight excluding hydrogens is 535 g/mol. The maximum Gasteiger partial charge on any atom is 0.494 e. The van der Waals surface area contributed by atoms with Gasteiger partial charge in [-0.05, 0) is 66.0 Å². The first-order chi connectivity index (χ1) is 19.8. The van der Waals surface area contributed by atoms with Gasteiger partial charge in [-0.25, -0.2) is 0 Å². The van der Waals surface area contributed by atoms with Gasteiger partial charge in [0.25, 0.3) is 0 Å². The Morgan fingerprint density at radius 2 is 1.05 bits per heavy atom. The second-order valence-corrected chi connectivity index (χ2v) is 16.9. The molecule has 0 amide bonds. The van der Waals surface area contributed by atoms with Gasteiger partial charge in [-0.3, -0.25) is 0 Å². The summed E-state index contributed by atoms with van der Waals surface area (Å²) in [4.78, 5) is 0. The highest BCUT2D eigenvalue weighted by Crippen LogP contribution is 2.36. The van der Waals surface area contributed by atoms with Gasteiger partial charge in [0, 0.05) is 20.2 Å². The highest BCUT2D eigenvalue weighted by atomic mass is 32.1. The largest absolute Gasteiger partial charge is 0.494 e. The third-order valence-corrected chi connectivity index (χ3v) is 15.0. The van der Waals surface area contributed by atoms with Crippen LogP contribution in [0.15, 0.2) is 127 Å². The topological polar surface area (TPSA) is 18.5 Å². The minimum absolute atomic E-state index is 0.396. The SMILES string of the molecule is CC1(C)OB(c2cccc([Si](c3ccccc3)(c3ccccc3)c3ccc4c(c3)sc3ccccc34)c2)OC1(C)C. The molecule has 2 nitrogen and oxygen atoms in total. The van der Waals surface area contributed by atoms with Gasteiger partial charge in [0.05, 0.1) is 11.2 Å². The van der Waals surface area contributed by atoms with Crippen LogP contribution in [-0.4, -0.2) is 26.4 Å². The summed E-state index contributed by atoms with van der Waals surface area (Å²) >= 11 is 1.88. The van der Waals surface area contributed by atoms with Crippen molar-refractivity contribution < 1.29 is 9.31 Å². The van der Waals surface area contributed by atoms with Crippen molar-refractivity contribution in [3.05, 3.63) is 127 Å². The summed E-state index contributed by atoms with van der Waals surface area (Å²) in [6.07, 6.45) is 0. The fourth-order valence-electron chi connectivity index (χ4n) is 6.23.